The number of para-hydroxylation sites is 1. The van der Waals surface area contributed by atoms with Crippen LogP contribution in [0.25, 0.3) is 0 Å². The summed E-state index contributed by atoms with van der Waals surface area (Å²) < 4.78 is 10.4. The SMILES string of the molecule is COc1cccc(OC)c1C(=O)Nc1ccccc1CO. The lowest BCUT2D eigenvalue weighted by atomic mass is 10.1. The summed E-state index contributed by atoms with van der Waals surface area (Å²) in [5.74, 6) is 0.492. The van der Waals surface area contributed by atoms with Crippen LogP contribution in [0.15, 0.2) is 42.5 Å². The van der Waals surface area contributed by atoms with Gasteiger partial charge in [-0.3, -0.25) is 4.79 Å². The number of carbonyl (C=O) groups is 1. The third kappa shape index (κ3) is 3.14. The Balaban J connectivity index is 2.36. The molecule has 0 unspecified atom stereocenters. The van der Waals surface area contributed by atoms with Crippen molar-refractivity contribution in [3.8, 4) is 11.5 Å². The van der Waals surface area contributed by atoms with E-state index < -0.39 is 0 Å². The lowest BCUT2D eigenvalue weighted by molar-refractivity contribution is 0.102. The average Bonchev–Trinajstić information content (AvgIpc) is 2.54. The molecule has 2 aromatic rings. The number of rotatable bonds is 5. The Morgan fingerprint density at radius 1 is 1.05 bits per heavy atom. The molecule has 0 fully saturated rings. The molecule has 5 nitrogen and oxygen atoms in total. The molecular formula is C16H17NO4. The molecule has 1 amide bonds. The van der Waals surface area contributed by atoms with Gasteiger partial charge < -0.3 is 19.9 Å². The Hall–Kier alpha value is -2.53. The molecule has 0 aliphatic rings. The van der Waals surface area contributed by atoms with Gasteiger partial charge in [-0.25, -0.2) is 0 Å². The number of anilines is 1. The number of ether oxygens (including phenoxy) is 2. The van der Waals surface area contributed by atoms with Crippen LogP contribution in [0.3, 0.4) is 0 Å². The molecule has 0 saturated heterocycles. The average molecular weight is 287 g/mol. The molecule has 2 rings (SSSR count). The monoisotopic (exact) mass is 287 g/mol. The smallest absolute Gasteiger partial charge is 0.263 e. The maximum Gasteiger partial charge on any atom is 0.263 e. The summed E-state index contributed by atoms with van der Waals surface area (Å²) in [6.07, 6.45) is 0. The van der Waals surface area contributed by atoms with Crippen molar-refractivity contribution < 1.29 is 19.4 Å². The van der Waals surface area contributed by atoms with Crippen molar-refractivity contribution in [3.63, 3.8) is 0 Å². The quantitative estimate of drug-likeness (QED) is 0.886. The van der Waals surface area contributed by atoms with Gasteiger partial charge in [0.05, 0.1) is 20.8 Å². The van der Waals surface area contributed by atoms with E-state index in [9.17, 15) is 9.90 Å². The minimum absolute atomic E-state index is 0.153. The molecule has 0 aliphatic heterocycles. The molecule has 0 heterocycles. The number of aliphatic hydroxyl groups is 1. The van der Waals surface area contributed by atoms with Crippen molar-refractivity contribution in [1.29, 1.82) is 0 Å². The number of aliphatic hydroxyl groups excluding tert-OH is 1. The van der Waals surface area contributed by atoms with Gasteiger partial charge in [-0.05, 0) is 18.2 Å². The van der Waals surface area contributed by atoms with Crippen LogP contribution >= 0.6 is 0 Å². The van der Waals surface area contributed by atoms with E-state index in [4.69, 9.17) is 9.47 Å². The zero-order valence-corrected chi connectivity index (χ0v) is 11.9. The number of methoxy groups -OCH3 is 2. The molecule has 0 bridgehead atoms. The molecule has 0 spiro atoms. The summed E-state index contributed by atoms with van der Waals surface area (Å²) in [6.45, 7) is -0.153. The number of hydrogen-bond acceptors (Lipinski definition) is 4. The van der Waals surface area contributed by atoms with Crippen molar-refractivity contribution in [2.24, 2.45) is 0 Å². The standard InChI is InChI=1S/C16H17NO4/c1-20-13-8-5-9-14(21-2)15(13)16(19)17-12-7-4-3-6-11(12)10-18/h3-9,18H,10H2,1-2H3,(H,17,19). The van der Waals surface area contributed by atoms with Crippen LogP contribution in [0.4, 0.5) is 5.69 Å². The molecule has 110 valence electrons. The molecule has 0 atom stereocenters. The van der Waals surface area contributed by atoms with Crippen molar-refractivity contribution in [2.75, 3.05) is 19.5 Å². The van der Waals surface area contributed by atoms with Crippen LogP contribution in [0, 0.1) is 0 Å². The minimum Gasteiger partial charge on any atom is -0.496 e. The van der Waals surface area contributed by atoms with E-state index in [1.165, 1.54) is 14.2 Å². The third-order valence-electron chi connectivity index (χ3n) is 3.09. The van der Waals surface area contributed by atoms with E-state index in [1.807, 2.05) is 0 Å². The largest absolute Gasteiger partial charge is 0.496 e. The van der Waals surface area contributed by atoms with E-state index in [1.54, 1.807) is 42.5 Å². The summed E-state index contributed by atoms with van der Waals surface area (Å²) in [6, 6.07) is 12.2. The highest BCUT2D eigenvalue weighted by Gasteiger charge is 2.18. The summed E-state index contributed by atoms with van der Waals surface area (Å²) in [7, 11) is 2.99. The normalized spacial score (nSPS) is 10.0. The second-order valence-electron chi connectivity index (χ2n) is 4.31. The number of carbonyl (C=O) groups excluding carboxylic acids is 1. The Bertz CT molecular complexity index is 618. The van der Waals surface area contributed by atoms with Crippen LogP contribution < -0.4 is 14.8 Å². The highest BCUT2D eigenvalue weighted by Crippen LogP contribution is 2.29. The van der Waals surface area contributed by atoms with Crippen molar-refractivity contribution in [1.82, 2.24) is 0 Å². The van der Waals surface area contributed by atoms with Crippen LogP contribution in [0.1, 0.15) is 15.9 Å². The topological polar surface area (TPSA) is 67.8 Å². The highest BCUT2D eigenvalue weighted by atomic mass is 16.5. The fraction of sp³-hybridized carbons (Fsp3) is 0.188. The highest BCUT2D eigenvalue weighted by molar-refractivity contribution is 6.08. The summed E-state index contributed by atoms with van der Waals surface area (Å²) in [5, 5.41) is 12.1. The maximum atomic E-state index is 12.5. The van der Waals surface area contributed by atoms with E-state index in [0.29, 0.717) is 28.3 Å². The van der Waals surface area contributed by atoms with E-state index in [2.05, 4.69) is 5.32 Å². The fourth-order valence-corrected chi connectivity index (χ4v) is 2.04. The second-order valence-corrected chi connectivity index (χ2v) is 4.31. The molecule has 0 aromatic heterocycles. The predicted molar refractivity (Wildman–Crippen MR) is 79.9 cm³/mol. The third-order valence-corrected chi connectivity index (χ3v) is 3.09. The van der Waals surface area contributed by atoms with E-state index in [0.717, 1.165) is 0 Å². The number of amides is 1. The summed E-state index contributed by atoms with van der Waals surface area (Å²) >= 11 is 0. The van der Waals surface area contributed by atoms with Gasteiger partial charge >= 0.3 is 0 Å². The lowest BCUT2D eigenvalue weighted by Crippen LogP contribution is -2.15. The van der Waals surface area contributed by atoms with Crippen molar-refractivity contribution in [3.05, 3.63) is 53.6 Å². The second kappa shape index (κ2) is 6.76. The first-order valence-electron chi connectivity index (χ1n) is 6.42. The molecule has 0 aliphatic carbocycles. The first kappa shape index (κ1) is 14.9. The number of hydrogen-bond donors (Lipinski definition) is 2. The van der Waals surface area contributed by atoms with Crippen molar-refractivity contribution in [2.45, 2.75) is 6.61 Å². The summed E-state index contributed by atoms with van der Waals surface area (Å²) in [5.41, 5.74) is 1.51. The molecule has 0 radical (unpaired) electrons. The number of benzene rings is 2. The van der Waals surface area contributed by atoms with Gasteiger partial charge in [0.1, 0.15) is 17.1 Å². The van der Waals surface area contributed by atoms with Gasteiger partial charge in [-0.15, -0.1) is 0 Å². The number of nitrogens with one attached hydrogen (secondary N) is 1. The Morgan fingerprint density at radius 2 is 1.67 bits per heavy atom. The molecule has 5 heteroatoms. The van der Waals surface area contributed by atoms with Crippen LogP contribution in [0.5, 0.6) is 11.5 Å². The lowest BCUT2D eigenvalue weighted by Gasteiger charge is -2.14. The van der Waals surface area contributed by atoms with Gasteiger partial charge in [0.2, 0.25) is 0 Å². The predicted octanol–water partition coefficient (Wildman–Crippen LogP) is 2.45. The van der Waals surface area contributed by atoms with Gasteiger partial charge in [-0.1, -0.05) is 24.3 Å². The molecule has 21 heavy (non-hydrogen) atoms. The Morgan fingerprint density at radius 3 is 2.24 bits per heavy atom. The first-order chi connectivity index (χ1) is 10.2. The molecule has 2 N–H and O–H groups in total. The van der Waals surface area contributed by atoms with Crippen LogP contribution in [0.2, 0.25) is 0 Å². The van der Waals surface area contributed by atoms with Crippen LogP contribution in [-0.2, 0) is 6.61 Å². The van der Waals surface area contributed by atoms with E-state index >= 15 is 0 Å². The Labute approximate surface area is 123 Å². The minimum atomic E-state index is -0.356. The fourth-order valence-electron chi connectivity index (χ4n) is 2.04. The van der Waals surface area contributed by atoms with Gasteiger partial charge in [-0.2, -0.15) is 0 Å². The van der Waals surface area contributed by atoms with Gasteiger partial charge in [0, 0.05) is 11.3 Å². The van der Waals surface area contributed by atoms with E-state index in [-0.39, 0.29) is 12.5 Å². The maximum absolute atomic E-state index is 12.5. The van der Waals surface area contributed by atoms with Gasteiger partial charge in [0.25, 0.3) is 5.91 Å². The first-order valence-corrected chi connectivity index (χ1v) is 6.42. The van der Waals surface area contributed by atoms with Gasteiger partial charge in [0.15, 0.2) is 0 Å². The molecular weight excluding hydrogens is 270 g/mol. The van der Waals surface area contributed by atoms with Crippen molar-refractivity contribution >= 4 is 11.6 Å². The van der Waals surface area contributed by atoms with Crippen LogP contribution in [-0.4, -0.2) is 25.2 Å². The molecule has 2 aromatic carbocycles. The Kier molecular flexibility index (Phi) is 4.79. The summed E-state index contributed by atoms with van der Waals surface area (Å²) in [4.78, 5) is 12.5. The molecule has 0 saturated carbocycles. The zero-order chi connectivity index (χ0) is 15.2. The zero-order valence-electron chi connectivity index (χ0n) is 11.9.